The van der Waals surface area contributed by atoms with Gasteiger partial charge < -0.3 is 10.8 Å². The van der Waals surface area contributed by atoms with Crippen LogP contribution >= 0.6 is 0 Å². The van der Waals surface area contributed by atoms with Gasteiger partial charge in [0.2, 0.25) is 0 Å². The molecule has 0 spiro atoms. The molecule has 3 N–H and O–H groups in total. The van der Waals surface area contributed by atoms with E-state index in [1.54, 1.807) is 0 Å². The van der Waals surface area contributed by atoms with Gasteiger partial charge in [0.05, 0.1) is 11.2 Å². The normalized spacial score (nSPS) is 15.9. The minimum Gasteiger partial charge on any atom is -0.385 e. The van der Waals surface area contributed by atoms with E-state index in [1.807, 2.05) is 0 Å². The molecule has 16 heavy (non-hydrogen) atoms. The number of halogens is 3. The molecule has 0 saturated heterocycles. The van der Waals surface area contributed by atoms with Crippen molar-refractivity contribution >= 4 is 0 Å². The van der Waals surface area contributed by atoms with E-state index in [2.05, 4.69) is 0 Å². The van der Waals surface area contributed by atoms with Crippen LogP contribution in [0.2, 0.25) is 0 Å². The van der Waals surface area contributed by atoms with Crippen molar-refractivity contribution in [2.45, 2.75) is 25.1 Å². The summed E-state index contributed by atoms with van der Waals surface area (Å²) in [5.41, 5.74) is 3.44. The third-order valence-corrected chi connectivity index (χ3v) is 2.44. The van der Waals surface area contributed by atoms with E-state index in [-0.39, 0.29) is 18.5 Å². The summed E-state index contributed by atoms with van der Waals surface area (Å²) in [6.07, 6.45) is -4.18. The van der Waals surface area contributed by atoms with Gasteiger partial charge in [-0.1, -0.05) is 12.1 Å². The molecule has 0 saturated carbocycles. The van der Waals surface area contributed by atoms with Gasteiger partial charge in [-0.15, -0.1) is 0 Å². The summed E-state index contributed by atoms with van der Waals surface area (Å²) in [6.45, 7) is 1.67. The molecule has 0 aromatic heterocycles. The van der Waals surface area contributed by atoms with Crippen molar-refractivity contribution in [1.29, 1.82) is 0 Å². The predicted octanol–water partition coefficient (Wildman–Crippen LogP) is 2.26. The Hall–Kier alpha value is -1.07. The fourth-order valence-electron chi connectivity index (χ4n) is 1.46. The number of alkyl halides is 3. The number of rotatable bonds is 3. The van der Waals surface area contributed by atoms with E-state index >= 15 is 0 Å². The monoisotopic (exact) mass is 233 g/mol. The molecule has 0 fully saturated rings. The Bertz CT molecular complexity index is 360. The topological polar surface area (TPSA) is 46.2 Å². The van der Waals surface area contributed by atoms with Crippen LogP contribution in [0, 0.1) is 0 Å². The standard InChI is InChI=1S/C11H14F3NO/c1-10(16,5-6-15)8-3-2-4-9(7-8)11(12,13)14/h2-4,7,16H,5-6,15H2,1H3. The van der Waals surface area contributed by atoms with E-state index in [9.17, 15) is 18.3 Å². The van der Waals surface area contributed by atoms with Crippen molar-refractivity contribution in [3.05, 3.63) is 35.4 Å². The highest BCUT2D eigenvalue weighted by atomic mass is 19.4. The van der Waals surface area contributed by atoms with Crippen LogP contribution in [0.15, 0.2) is 24.3 Å². The second-order valence-electron chi connectivity index (χ2n) is 3.89. The van der Waals surface area contributed by atoms with Crippen molar-refractivity contribution in [2.75, 3.05) is 6.54 Å². The van der Waals surface area contributed by atoms with Crippen LogP contribution in [0.3, 0.4) is 0 Å². The molecule has 0 heterocycles. The summed E-state index contributed by atoms with van der Waals surface area (Å²) >= 11 is 0. The van der Waals surface area contributed by atoms with Gasteiger partial charge in [0.15, 0.2) is 0 Å². The van der Waals surface area contributed by atoms with Gasteiger partial charge in [-0.2, -0.15) is 13.2 Å². The SMILES string of the molecule is CC(O)(CCN)c1cccc(C(F)(F)F)c1. The van der Waals surface area contributed by atoms with Gasteiger partial charge in [0.25, 0.3) is 0 Å². The Balaban J connectivity index is 3.08. The Labute approximate surface area is 91.9 Å². The molecular weight excluding hydrogens is 219 g/mol. The first-order valence-corrected chi connectivity index (χ1v) is 4.87. The Kier molecular flexibility index (Phi) is 3.60. The lowest BCUT2D eigenvalue weighted by Crippen LogP contribution is -2.25. The number of nitrogens with two attached hydrogens (primary N) is 1. The summed E-state index contributed by atoms with van der Waals surface area (Å²) in [5.74, 6) is 0. The zero-order valence-corrected chi connectivity index (χ0v) is 8.88. The zero-order valence-electron chi connectivity index (χ0n) is 8.88. The van der Waals surface area contributed by atoms with Gasteiger partial charge in [-0.3, -0.25) is 0 Å². The first kappa shape index (κ1) is 13.0. The summed E-state index contributed by atoms with van der Waals surface area (Å²) < 4.78 is 37.3. The maximum atomic E-state index is 12.4. The van der Waals surface area contributed by atoms with Crippen LogP contribution in [0.4, 0.5) is 13.2 Å². The molecule has 1 aromatic carbocycles. The average Bonchev–Trinajstić information content (AvgIpc) is 2.16. The van der Waals surface area contributed by atoms with Crippen molar-refractivity contribution in [3.63, 3.8) is 0 Å². The molecule has 1 aromatic rings. The maximum Gasteiger partial charge on any atom is 0.416 e. The molecule has 1 atom stereocenters. The molecule has 0 aliphatic rings. The molecular formula is C11H14F3NO. The number of aliphatic hydroxyl groups is 1. The van der Waals surface area contributed by atoms with E-state index < -0.39 is 17.3 Å². The second-order valence-corrected chi connectivity index (χ2v) is 3.89. The second kappa shape index (κ2) is 4.43. The lowest BCUT2D eigenvalue weighted by atomic mass is 9.91. The lowest BCUT2D eigenvalue weighted by molar-refractivity contribution is -0.137. The maximum absolute atomic E-state index is 12.4. The minimum atomic E-state index is -4.39. The largest absolute Gasteiger partial charge is 0.416 e. The third kappa shape index (κ3) is 2.96. The molecule has 0 bridgehead atoms. The van der Waals surface area contributed by atoms with E-state index in [0.29, 0.717) is 0 Å². The van der Waals surface area contributed by atoms with Crippen molar-refractivity contribution in [3.8, 4) is 0 Å². The zero-order chi connectivity index (χ0) is 12.4. The highest BCUT2D eigenvalue weighted by Gasteiger charge is 2.32. The van der Waals surface area contributed by atoms with Crippen LogP contribution in [-0.2, 0) is 11.8 Å². The molecule has 0 radical (unpaired) electrons. The van der Waals surface area contributed by atoms with Gasteiger partial charge in [-0.05, 0) is 37.6 Å². The predicted molar refractivity (Wildman–Crippen MR) is 54.7 cm³/mol. The number of hydrogen-bond donors (Lipinski definition) is 2. The Morgan fingerprint density at radius 3 is 2.31 bits per heavy atom. The van der Waals surface area contributed by atoms with E-state index in [4.69, 9.17) is 5.73 Å². The van der Waals surface area contributed by atoms with Crippen LogP contribution in [0.5, 0.6) is 0 Å². The Morgan fingerprint density at radius 1 is 1.25 bits per heavy atom. The fourth-order valence-corrected chi connectivity index (χ4v) is 1.46. The lowest BCUT2D eigenvalue weighted by Gasteiger charge is -2.24. The van der Waals surface area contributed by atoms with Gasteiger partial charge in [0.1, 0.15) is 0 Å². The number of hydrogen-bond acceptors (Lipinski definition) is 2. The summed E-state index contributed by atoms with van der Waals surface area (Å²) in [5, 5.41) is 9.93. The minimum absolute atomic E-state index is 0.212. The first-order valence-electron chi connectivity index (χ1n) is 4.87. The van der Waals surface area contributed by atoms with Gasteiger partial charge >= 0.3 is 6.18 Å². The van der Waals surface area contributed by atoms with Crippen molar-refractivity contribution < 1.29 is 18.3 Å². The van der Waals surface area contributed by atoms with Crippen molar-refractivity contribution in [1.82, 2.24) is 0 Å². The summed E-state index contributed by atoms with van der Waals surface area (Å²) in [7, 11) is 0. The highest BCUT2D eigenvalue weighted by Crippen LogP contribution is 2.32. The quantitative estimate of drug-likeness (QED) is 0.841. The van der Waals surface area contributed by atoms with Crippen molar-refractivity contribution in [2.24, 2.45) is 5.73 Å². The molecule has 0 aliphatic carbocycles. The first-order chi connectivity index (χ1) is 7.27. The summed E-state index contributed by atoms with van der Waals surface area (Å²) in [6, 6.07) is 4.67. The van der Waals surface area contributed by atoms with Gasteiger partial charge in [-0.25, -0.2) is 0 Å². The molecule has 0 amide bonds. The van der Waals surface area contributed by atoms with Crippen LogP contribution in [-0.4, -0.2) is 11.7 Å². The van der Waals surface area contributed by atoms with E-state index in [1.165, 1.54) is 19.1 Å². The molecule has 1 unspecified atom stereocenters. The van der Waals surface area contributed by atoms with Gasteiger partial charge in [0, 0.05) is 0 Å². The molecule has 5 heteroatoms. The van der Waals surface area contributed by atoms with Crippen LogP contribution in [0.1, 0.15) is 24.5 Å². The number of benzene rings is 1. The molecule has 2 nitrogen and oxygen atoms in total. The highest BCUT2D eigenvalue weighted by molar-refractivity contribution is 5.29. The van der Waals surface area contributed by atoms with E-state index in [0.717, 1.165) is 12.1 Å². The van der Waals surface area contributed by atoms with Crippen LogP contribution < -0.4 is 5.73 Å². The third-order valence-electron chi connectivity index (χ3n) is 2.44. The molecule has 90 valence electrons. The smallest absolute Gasteiger partial charge is 0.385 e. The fraction of sp³-hybridized carbons (Fsp3) is 0.455. The summed E-state index contributed by atoms with van der Waals surface area (Å²) in [4.78, 5) is 0. The van der Waals surface area contributed by atoms with Crippen LogP contribution in [0.25, 0.3) is 0 Å². The molecule has 1 rings (SSSR count). The molecule has 0 aliphatic heterocycles. The average molecular weight is 233 g/mol. The Morgan fingerprint density at radius 2 is 1.81 bits per heavy atom.